The minimum atomic E-state index is -4.33. The van der Waals surface area contributed by atoms with E-state index in [0.29, 0.717) is 6.42 Å². The summed E-state index contributed by atoms with van der Waals surface area (Å²) in [6, 6.07) is 0. The molecule has 1 N–H and O–H groups in total. The molecule has 0 saturated carbocycles. The molecule has 0 heterocycles. The number of unbranched alkanes of at least 4 members (excludes halogenated alkanes) is 3. The molecule has 0 aromatic heterocycles. The van der Waals surface area contributed by atoms with E-state index in [1.165, 1.54) is 13.8 Å². The van der Waals surface area contributed by atoms with E-state index >= 15 is 0 Å². The molecule has 0 saturated heterocycles. The first-order chi connectivity index (χ1) is 13.8. The Morgan fingerprint density at radius 1 is 0.903 bits per heavy atom. The van der Waals surface area contributed by atoms with E-state index in [1.807, 2.05) is 6.92 Å². The Kier molecular flexibility index (Phi) is 16.1. The van der Waals surface area contributed by atoms with Gasteiger partial charge in [0.25, 0.3) is 10.1 Å². The maximum atomic E-state index is 12.9. The van der Waals surface area contributed by atoms with Crippen LogP contribution < -0.4 is 0 Å². The molecule has 0 spiro atoms. The monoisotopic (exact) mass is 472 g/mol. The predicted octanol–water partition coefficient (Wildman–Crippen LogP) is 1.96. The Bertz CT molecular complexity index is 714. The third-order valence-corrected chi connectivity index (χ3v) is 4.85. The number of hydrogen-bond donors (Lipinski definition) is 1. The topological polar surface area (TPSA) is 133 Å². The molecule has 0 bridgehead atoms. The summed E-state index contributed by atoms with van der Waals surface area (Å²) in [6.45, 7) is 10.4. The average Bonchev–Trinajstić information content (AvgIpc) is 2.64. The summed E-state index contributed by atoms with van der Waals surface area (Å²) in [5.41, 5.74) is -1.30. The van der Waals surface area contributed by atoms with Crippen LogP contribution in [0.25, 0.3) is 0 Å². The van der Waals surface area contributed by atoms with Gasteiger partial charge in [0.15, 0.2) is 0 Å². The van der Waals surface area contributed by atoms with Gasteiger partial charge < -0.3 is 14.2 Å². The summed E-state index contributed by atoms with van der Waals surface area (Å²) in [5.74, 6) is -3.15. The zero-order chi connectivity index (χ0) is 23.4. The zero-order valence-corrected chi connectivity index (χ0v) is 18.7. The van der Waals surface area contributed by atoms with Crippen LogP contribution in [0, 0.1) is 5.41 Å². The Morgan fingerprint density at radius 3 is 1.77 bits per heavy atom. The van der Waals surface area contributed by atoms with Crippen LogP contribution in [-0.4, -0.2) is 86.0 Å². The van der Waals surface area contributed by atoms with Crippen molar-refractivity contribution < 1.29 is 41.6 Å². The second kappa shape index (κ2) is 15.6. The number of carbonyl (C=O) groups is 3. The van der Waals surface area contributed by atoms with Gasteiger partial charge in [-0.2, -0.15) is 8.42 Å². The summed E-state index contributed by atoms with van der Waals surface area (Å²) in [4.78, 5) is 36.6. The van der Waals surface area contributed by atoms with Crippen molar-refractivity contribution in [2.75, 3.05) is 25.6 Å². The predicted molar refractivity (Wildman–Crippen MR) is 117 cm³/mol. The third kappa shape index (κ3) is 13.7. The van der Waals surface area contributed by atoms with E-state index in [0.717, 1.165) is 19.3 Å². The van der Waals surface area contributed by atoms with E-state index in [4.69, 9.17) is 18.8 Å². The molecule has 0 aromatic rings. The maximum absolute atomic E-state index is 12.9. The van der Waals surface area contributed by atoms with Crippen molar-refractivity contribution in [1.82, 2.24) is 0 Å². The molecular weight excluding hydrogens is 439 g/mol. The molecule has 0 amide bonds. The van der Waals surface area contributed by atoms with E-state index in [-0.39, 0.29) is 47.1 Å². The molecular formula is C20H33NaO9S. The SMILES string of the molecule is C=C(C)C(=O)OCC(CCCCCC)(COC(=O)C(=C)C)C(=O)OCCS(=O)(=O)O.[NaH]. The van der Waals surface area contributed by atoms with Crippen LogP contribution in [0.15, 0.2) is 24.3 Å². The van der Waals surface area contributed by atoms with Crippen molar-refractivity contribution in [3.63, 3.8) is 0 Å². The Labute approximate surface area is 206 Å². The number of ether oxygens (including phenoxy) is 3. The van der Waals surface area contributed by atoms with Crippen molar-refractivity contribution >= 4 is 57.6 Å². The minimum absolute atomic E-state index is 0. The fourth-order valence-corrected chi connectivity index (χ4v) is 2.64. The molecule has 0 unspecified atom stereocenters. The van der Waals surface area contributed by atoms with Crippen molar-refractivity contribution in [1.29, 1.82) is 0 Å². The van der Waals surface area contributed by atoms with Crippen LogP contribution in [0.4, 0.5) is 0 Å². The number of esters is 3. The molecule has 174 valence electrons. The first-order valence-corrected chi connectivity index (χ1v) is 11.2. The van der Waals surface area contributed by atoms with E-state index in [2.05, 4.69) is 13.2 Å². The standard InChI is InChI=1S/C20H32O9S.Na.H/c1-6-7-8-9-10-20(13-28-17(21)15(2)3,14-29-18(22)16(4)5)19(23)27-11-12-30(24,25)26;;/h2,4,6-14H2,1,3,5H3,(H,24,25,26);;. The van der Waals surface area contributed by atoms with Gasteiger partial charge in [-0.1, -0.05) is 45.8 Å². The average molecular weight is 473 g/mol. The van der Waals surface area contributed by atoms with Crippen LogP contribution in [-0.2, 0) is 38.7 Å². The first-order valence-electron chi connectivity index (χ1n) is 9.62. The fourth-order valence-electron chi connectivity index (χ4n) is 2.34. The summed E-state index contributed by atoms with van der Waals surface area (Å²) in [5, 5.41) is 0. The molecule has 31 heavy (non-hydrogen) atoms. The van der Waals surface area contributed by atoms with E-state index in [9.17, 15) is 22.8 Å². The molecule has 11 heteroatoms. The van der Waals surface area contributed by atoms with E-state index < -0.39 is 59.0 Å². The number of hydrogen-bond acceptors (Lipinski definition) is 8. The second-order valence-corrected chi connectivity index (χ2v) is 8.80. The van der Waals surface area contributed by atoms with Gasteiger partial charge >= 0.3 is 47.5 Å². The van der Waals surface area contributed by atoms with Gasteiger partial charge in [-0.15, -0.1) is 0 Å². The van der Waals surface area contributed by atoms with Crippen molar-refractivity contribution in [2.45, 2.75) is 52.9 Å². The first kappa shape index (κ1) is 32.0. The number of rotatable bonds is 15. The van der Waals surface area contributed by atoms with Gasteiger partial charge in [-0.3, -0.25) is 9.35 Å². The van der Waals surface area contributed by atoms with Crippen LogP contribution >= 0.6 is 0 Å². The van der Waals surface area contributed by atoms with Gasteiger partial charge in [0, 0.05) is 11.1 Å². The quantitative estimate of drug-likeness (QED) is 0.0948. The van der Waals surface area contributed by atoms with Crippen molar-refractivity contribution in [3.8, 4) is 0 Å². The van der Waals surface area contributed by atoms with Gasteiger partial charge in [0.05, 0.1) is 0 Å². The van der Waals surface area contributed by atoms with Crippen LogP contribution in [0.1, 0.15) is 52.9 Å². The van der Waals surface area contributed by atoms with Crippen LogP contribution in [0.2, 0.25) is 0 Å². The van der Waals surface area contributed by atoms with Crippen molar-refractivity contribution in [3.05, 3.63) is 24.3 Å². The molecule has 0 aliphatic heterocycles. The van der Waals surface area contributed by atoms with E-state index in [1.54, 1.807) is 0 Å². The summed E-state index contributed by atoms with van der Waals surface area (Å²) in [6.07, 6.45) is 3.35. The summed E-state index contributed by atoms with van der Waals surface area (Å²) >= 11 is 0. The summed E-state index contributed by atoms with van der Waals surface area (Å²) in [7, 11) is -4.33. The Morgan fingerprint density at radius 2 is 1.39 bits per heavy atom. The molecule has 0 rings (SSSR count). The molecule has 0 aliphatic rings. The molecule has 9 nitrogen and oxygen atoms in total. The van der Waals surface area contributed by atoms with Gasteiger partial charge in [-0.05, 0) is 20.3 Å². The molecule has 0 radical (unpaired) electrons. The normalized spacial score (nSPS) is 11.1. The fraction of sp³-hybridized carbons (Fsp3) is 0.650. The van der Waals surface area contributed by atoms with Crippen molar-refractivity contribution in [2.24, 2.45) is 5.41 Å². The summed E-state index contributed by atoms with van der Waals surface area (Å²) < 4.78 is 46.0. The van der Waals surface area contributed by atoms with Gasteiger partial charge in [0.2, 0.25) is 0 Å². The number of carbonyl (C=O) groups excluding carboxylic acids is 3. The van der Waals surface area contributed by atoms with Crippen LogP contribution in [0.3, 0.4) is 0 Å². The van der Waals surface area contributed by atoms with Gasteiger partial charge in [0.1, 0.15) is 31.0 Å². The molecule has 0 fully saturated rings. The molecule has 0 atom stereocenters. The van der Waals surface area contributed by atoms with Gasteiger partial charge in [-0.25, -0.2) is 9.59 Å². The van der Waals surface area contributed by atoms with Crippen LogP contribution in [0.5, 0.6) is 0 Å². The second-order valence-electron chi connectivity index (χ2n) is 7.23. The third-order valence-electron chi connectivity index (χ3n) is 4.17. The zero-order valence-electron chi connectivity index (χ0n) is 17.9. The molecule has 0 aromatic carbocycles. The Hall–Kier alpha value is -1.20. The molecule has 0 aliphatic carbocycles. The Balaban J connectivity index is 0.